The SMILES string of the molecule is O=C(O)CN1CCC2(CC1)OCCc1sc(C(=O)NC3C=CCCC3)cc12. The van der Waals surface area contributed by atoms with Crippen molar-refractivity contribution in [2.75, 3.05) is 26.2 Å². The van der Waals surface area contributed by atoms with Gasteiger partial charge in [-0.15, -0.1) is 11.3 Å². The molecule has 7 heteroatoms. The van der Waals surface area contributed by atoms with Gasteiger partial charge in [-0.25, -0.2) is 0 Å². The highest BCUT2D eigenvalue weighted by molar-refractivity contribution is 7.14. The summed E-state index contributed by atoms with van der Waals surface area (Å²) in [6, 6.07) is 2.16. The smallest absolute Gasteiger partial charge is 0.317 e. The Balaban J connectivity index is 1.48. The highest BCUT2D eigenvalue weighted by Crippen LogP contribution is 2.44. The Morgan fingerprint density at radius 2 is 2.19 bits per heavy atom. The number of fused-ring (bicyclic) bond motifs is 2. The van der Waals surface area contributed by atoms with Gasteiger partial charge in [0.2, 0.25) is 0 Å². The van der Waals surface area contributed by atoms with Crippen LogP contribution in [0.25, 0.3) is 0 Å². The zero-order valence-corrected chi connectivity index (χ0v) is 16.2. The van der Waals surface area contributed by atoms with Gasteiger partial charge >= 0.3 is 5.97 Å². The van der Waals surface area contributed by atoms with Crippen LogP contribution in [0.5, 0.6) is 0 Å². The van der Waals surface area contributed by atoms with Gasteiger partial charge in [-0.05, 0) is 43.7 Å². The van der Waals surface area contributed by atoms with E-state index < -0.39 is 5.97 Å². The Kier molecular flexibility index (Phi) is 5.34. The summed E-state index contributed by atoms with van der Waals surface area (Å²) in [5.74, 6) is -0.785. The average Bonchev–Trinajstić information content (AvgIpc) is 3.10. The summed E-state index contributed by atoms with van der Waals surface area (Å²) in [5, 5.41) is 12.1. The van der Waals surface area contributed by atoms with E-state index in [0.717, 1.165) is 49.0 Å². The second kappa shape index (κ2) is 7.73. The number of nitrogens with one attached hydrogen (secondary N) is 1. The fourth-order valence-electron chi connectivity index (χ4n) is 4.38. The van der Waals surface area contributed by atoms with Crippen molar-refractivity contribution in [1.82, 2.24) is 10.2 Å². The zero-order valence-electron chi connectivity index (χ0n) is 15.4. The molecule has 27 heavy (non-hydrogen) atoms. The summed E-state index contributed by atoms with van der Waals surface area (Å²) in [4.78, 5) is 27.6. The minimum atomic E-state index is -0.789. The molecule has 2 N–H and O–H groups in total. The number of nitrogens with zero attached hydrogens (tertiary/aromatic N) is 1. The summed E-state index contributed by atoms with van der Waals surface area (Å²) in [5.41, 5.74) is 0.792. The summed E-state index contributed by atoms with van der Waals surface area (Å²) in [7, 11) is 0. The molecule has 1 saturated heterocycles. The number of hydrogen-bond acceptors (Lipinski definition) is 5. The molecule has 1 amide bonds. The van der Waals surface area contributed by atoms with E-state index in [0.29, 0.717) is 19.7 Å². The molecule has 1 aromatic rings. The number of likely N-dealkylation sites (tertiary alicyclic amines) is 1. The third kappa shape index (κ3) is 3.95. The molecule has 146 valence electrons. The first-order valence-corrected chi connectivity index (χ1v) is 10.6. The largest absolute Gasteiger partial charge is 0.480 e. The predicted molar refractivity (Wildman–Crippen MR) is 103 cm³/mol. The second-order valence-electron chi connectivity index (χ2n) is 7.65. The van der Waals surface area contributed by atoms with Gasteiger partial charge in [0.15, 0.2) is 0 Å². The van der Waals surface area contributed by atoms with Crippen molar-refractivity contribution >= 4 is 23.2 Å². The van der Waals surface area contributed by atoms with Crippen molar-refractivity contribution in [2.24, 2.45) is 0 Å². The number of piperidine rings is 1. The molecule has 0 aromatic carbocycles. The Morgan fingerprint density at radius 3 is 2.89 bits per heavy atom. The molecule has 0 radical (unpaired) electrons. The maximum absolute atomic E-state index is 12.7. The monoisotopic (exact) mass is 390 g/mol. The third-order valence-corrected chi connectivity index (χ3v) is 7.02. The van der Waals surface area contributed by atoms with E-state index in [2.05, 4.69) is 17.5 Å². The van der Waals surface area contributed by atoms with Gasteiger partial charge in [-0.1, -0.05) is 12.2 Å². The lowest BCUT2D eigenvalue weighted by molar-refractivity contribution is -0.141. The lowest BCUT2D eigenvalue weighted by Crippen LogP contribution is -2.47. The second-order valence-corrected chi connectivity index (χ2v) is 8.79. The first kappa shape index (κ1) is 18.7. The van der Waals surface area contributed by atoms with Gasteiger partial charge in [0.05, 0.1) is 23.6 Å². The number of carbonyl (C=O) groups is 2. The highest BCUT2D eigenvalue weighted by Gasteiger charge is 2.42. The number of ether oxygens (including phenoxy) is 1. The lowest BCUT2D eigenvalue weighted by atomic mass is 9.82. The maximum atomic E-state index is 12.7. The number of thiophene rings is 1. The Bertz CT molecular complexity index is 749. The zero-order chi connectivity index (χ0) is 18.9. The van der Waals surface area contributed by atoms with Crippen molar-refractivity contribution in [2.45, 2.75) is 50.2 Å². The molecule has 3 heterocycles. The summed E-state index contributed by atoms with van der Waals surface area (Å²) in [6.45, 7) is 2.15. The van der Waals surface area contributed by atoms with E-state index in [9.17, 15) is 9.59 Å². The molecule has 1 atom stereocenters. The molecule has 1 unspecified atom stereocenters. The van der Waals surface area contributed by atoms with Crippen LogP contribution in [0.2, 0.25) is 0 Å². The standard InChI is InChI=1S/C20H26N2O4S/c23-18(24)13-22-9-7-20(8-10-22)15-12-17(27-16(15)6-11-26-20)19(25)21-14-4-2-1-3-5-14/h2,4,12,14H,1,3,5-11,13H2,(H,21,25)(H,23,24). The van der Waals surface area contributed by atoms with Crippen LogP contribution in [0.3, 0.4) is 0 Å². The van der Waals surface area contributed by atoms with Crippen molar-refractivity contribution in [3.63, 3.8) is 0 Å². The highest BCUT2D eigenvalue weighted by atomic mass is 32.1. The fraction of sp³-hybridized carbons (Fsp3) is 0.600. The Hall–Kier alpha value is -1.70. The van der Waals surface area contributed by atoms with Crippen LogP contribution in [-0.4, -0.2) is 54.2 Å². The first-order valence-electron chi connectivity index (χ1n) is 9.74. The van der Waals surface area contributed by atoms with E-state index in [4.69, 9.17) is 9.84 Å². The van der Waals surface area contributed by atoms with Crippen LogP contribution < -0.4 is 5.32 Å². The molecule has 1 spiro atoms. The summed E-state index contributed by atoms with van der Waals surface area (Å²) < 4.78 is 6.22. The van der Waals surface area contributed by atoms with Crippen LogP contribution >= 0.6 is 11.3 Å². The normalized spacial score (nSPS) is 24.5. The third-order valence-electron chi connectivity index (χ3n) is 5.82. The lowest BCUT2D eigenvalue weighted by Gasteiger charge is -2.43. The Labute approximate surface area is 163 Å². The van der Waals surface area contributed by atoms with E-state index >= 15 is 0 Å². The number of aliphatic carboxylic acids is 1. The van der Waals surface area contributed by atoms with E-state index in [1.165, 1.54) is 4.88 Å². The summed E-state index contributed by atoms with van der Waals surface area (Å²) >= 11 is 1.59. The number of allylic oxidation sites excluding steroid dienone is 1. The number of amides is 1. The van der Waals surface area contributed by atoms with Crippen LogP contribution in [0.15, 0.2) is 18.2 Å². The number of carboxylic acid groups (broad SMARTS) is 1. The average molecular weight is 391 g/mol. The molecule has 0 saturated carbocycles. The van der Waals surface area contributed by atoms with Crippen molar-refractivity contribution in [3.8, 4) is 0 Å². The van der Waals surface area contributed by atoms with Crippen LogP contribution in [-0.2, 0) is 21.6 Å². The van der Waals surface area contributed by atoms with Gasteiger partial charge in [0.1, 0.15) is 0 Å². The molecule has 4 rings (SSSR count). The molecule has 1 aliphatic carbocycles. The molecule has 6 nitrogen and oxygen atoms in total. The molecule has 3 aliphatic rings. The van der Waals surface area contributed by atoms with Crippen LogP contribution in [0, 0.1) is 0 Å². The molecule has 0 bridgehead atoms. The number of hydrogen-bond donors (Lipinski definition) is 2. The minimum absolute atomic E-state index is 0.00409. The molecule has 2 aliphatic heterocycles. The van der Waals surface area contributed by atoms with Gasteiger partial charge in [-0.3, -0.25) is 14.5 Å². The van der Waals surface area contributed by atoms with E-state index in [1.807, 2.05) is 11.0 Å². The van der Waals surface area contributed by atoms with Crippen molar-refractivity contribution in [1.29, 1.82) is 0 Å². The molecule has 1 aromatic heterocycles. The number of carbonyl (C=O) groups excluding carboxylic acids is 1. The van der Waals surface area contributed by atoms with Crippen LogP contribution in [0.1, 0.15) is 52.2 Å². The van der Waals surface area contributed by atoms with Gasteiger partial charge in [-0.2, -0.15) is 0 Å². The maximum Gasteiger partial charge on any atom is 0.317 e. The Morgan fingerprint density at radius 1 is 1.37 bits per heavy atom. The van der Waals surface area contributed by atoms with Crippen molar-refractivity contribution < 1.29 is 19.4 Å². The number of carboxylic acids is 1. The van der Waals surface area contributed by atoms with E-state index in [-0.39, 0.29) is 24.1 Å². The molecular weight excluding hydrogens is 364 g/mol. The van der Waals surface area contributed by atoms with Crippen molar-refractivity contribution in [3.05, 3.63) is 33.5 Å². The first-order chi connectivity index (χ1) is 13.1. The quantitative estimate of drug-likeness (QED) is 0.773. The van der Waals surface area contributed by atoms with Gasteiger partial charge < -0.3 is 15.2 Å². The minimum Gasteiger partial charge on any atom is -0.480 e. The van der Waals surface area contributed by atoms with Gasteiger partial charge in [0.25, 0.3) is 5.91 Å². The van der Waals surface area contributed by atoms with E-state index in [1.54, 1.807) is 11.3 Å². The topological polar surface area (TPSA) is 78.9 Å². The molecular formula is C20H26N2O4S. The number of rotatable bonds is 4. The van der Waals surface area contributed by atoms with Crippen LogP contribution in [0.4, 0.5) is 0 Å². The summed E-state index contributed by atoms with van der Waals surface area (Å²) in [6.07, 6.45) is 9.84. The fourth-order valence-corrected chi connectivity index (χ4v) is 5.51. The molecule has 1 fully saturated rings. The predicted octanol–water partition coefficient (Wildman–Crippen LogP) is 2.54. The van der Waals surface area contributed by atoms with Gasteiger partial charge in [0, 0.05) is 30.4 Å².